The molecule has 0 radical (unpaired) electrons. The number of nitrogens with two attached hydrogens (primary N) is 1. The fourth-order valence-corrected chi connectivity index (χ4v) is 2.24. The number of carbonyl (C=O) groups excluding carboxylic acids is 1. The van der Waals surface area contributed by atoms with Crippen LogP contribution < -0.4 is 15.8 Å². The lowest BCUT2D eigenvalue weighted by atomic mass is 9.64. The molecular weight excluding hydrogens is 256 g/mol. The van der Waals surface area contributed by atoms with E-state index in [4.69, 9.17) is 10.5 Å². The zero-order valence-electron chi connectivity index (χ0n) is 11.9. The minimum Gasteiger partial charge on any atom is -0.493 e. The molecule has 1 aliphatic carbocycles. The van der Waals surface area contributed by atoms with Gasteiger partial charge in [-0.05, 0) is 30.7 Å². The minimum atomic E-state index is -0.334. The van der Waals surface area contributed by atoms with Crippen molar-refractivity contribution in [3.8, 4) is 5.75 Å². The molecule has 4 N–H and O–H groups in total. The van der Waals surface area contributed by atoms with E-state index in [9.17, 15) is 9.90 Å². The molecule has 5 nitrogen and oxygen atoms in total. The molecule has 1 fully saturated rings. The van der Waals surface area contributed by atoms with E-state index in [2.05, 4.69) is 5.32 Å². The number of benzene rings is 1. The Morgan fingerprint density at radius 2 is 2.10 bits per heavy atom. The van der Waals surface area contributed by atoms with Crippen LogP contribution in [0.5, 0.6) is 5.75 Å². The first-order valence-corrected chi connectivity index (χ1v) is 6.85. The summed E-state index contributed by atoms with van der Waals surface area (Å²) in [6, 6.07) is 7.11. The number of hydrogen-bond donors (Lipinski definition) is 3. The number of rotatable bonds is 5. The maximum Gasteiger partial charge on any atom is 0.223 e. The van der Waals surface area contributed by atoms with Crippen molar-refractivity contribution in [3.05, 3.63) is 24.3 Å². The largest absolute Gasteiger partial charge is 0.493 e. The summed E-state index contributed by atoms with van der Waals surface area (Å²) in [4.78, 5) is 11.8. The highest BCUT2D eigenvalue weighted by molar-refractivity contribution is 5.76. The second-order valence-electron chi connectivity index (χ2n) is 5.86. The van der Waals surface area contributed by atoms with Crippen molar-refractivity contribution < 1.29 is 14.6 Å². The van der Waals surface area contributed by atoms with Crippen molar-refractivity contribution in [2.75, 3.05) is 12.3 Å². The van der Waals surface area contributed by atoms with E-state index in [1.54, 1.807) is 24.3 Å². The van der Waals surface area contributed by atoms with Gasteiger partial charge in [-0.3, -0.25) is 4.79 Å². The van der Waals surface area contributed by atoms with Gasteiger partial charge in [-0.2, -0.15) is 0 Å². The number of amides is 1. The average molecular weight is 278 g/mol. The van der Waals surface area contributed by atoms with Gasteiger partial charge in [0.05, 0.1) is 19.1 Å². The number of aliphatic hydroxyl groups is 1. The number of carbonyl (C=O) groups is 1. The van der Waals surface area contributed by atoms with Gasteiger partial charge in [0, 0.05) is 17.1 Å². The van der Waals surface area contributed by atoms with Crippen molar-refractivity contribution in [2.24, 2.45) is 5.41 Å². The summed E-state index contributed by atoms with van der Waals surface area (Å²) in [6.45, 7) is 4.24. The Labute approximate surface area is 119 Å². The number of aliphatic hydroxyl groups excluding tert-OH is 1. The fraction of sp³-hybridized carbons (Fsp3) is 0.533. The number of ether oxygens (including phenoxy) is 1. The summed E-state index contributed by atoms with van der Waals surface area (Å²) in [5.74, 6) is 0.650. The summed E-state index contributed by atoms with van der Waals surface area (Å²) in [6.07, 6.45) is 0.587. The van der Waals surface area contributed by atoms with Crippen molar-refractivity contribution in [1.82, 2.24) is 5.32 Å². The third kappa shape index (κ3) is 3.22. The summed E-state index contributed by atoms with van der Waals surface area (Å²) in [5.41, 5.74) is 6.02. The van der Waals surface area contributed by atoms with E-state index in [0.29, 0.717) is 30.9 Å². The van der Waals surface area contributed by atoms with Gasteiger partial charge < -0.3 is 20.9 Å². The highest BCUT2D eigenvalue weighted by atomic mass is 16.5. The zero-order chi connectivity index (χ0) is 14.8. The topological polar surface area (TPSA) is 84.6 Å². The molecule has 5 heteroatoms. The molecule has 1 aliphatic rings. The quantitative estimate of drug-likeness (QED) is 0.709. The van der Waals surface area contributed by atoms with Crippen molar-refractivity contribution >= 4 is 11.6 Å². The molecule has 0 saturated heterocycles. The Morgan fingerprint density at radius 1 is 1.45 bits per heavy atom. The SMILES string of the molecule is CC1(C)C(O)CC1NC(=O)CCOc1ccc(N)cc1. The summed E-state index contributed by atoms with van der Waals surface area (Å²) in [7, 11) is 0. The Bertz CT molecular complexity index is 471. The highest BCUT2D eigenvalue weighted by Crippen LogP contribution is 2.40. The van der Waals surface area contributed by atoms with Crippen LogP contribution >= 0.6 is 0 Å². The predicted molar refractivity (Wildman–Crippen MR) is 77.3 cm³/mol. The molecule has 2 unspecified atom stereocenters. The fourth-order valence-electron chi connectivity index (χ4n) is 2.24. The summed E-state index contributed by atoms with van der Waals surface area (Å²) < 4.78 is 5.47. The molecule has 20 heavy (non-hydrogen) atoms. The van der Waals surface area contributed by atoms with Crippen LogP contribution in [-0.4, -0.2) is 29.8 Å². The normalized spacial score (nSPS) is 23.8. The Hall–Kier alpha value is -1.75. The number of nitrogens with one attached hydrogen (secondary N) is 1. The van der Waals surface area contributed by atoms with Crippen LogP contribution in [-0.2, 0) is 4.79 Å². The van der Waals surface area contributed by atoms with Crippen LogP contribution in [0.3, 0.4) is 0 Å². The van der Waals surface area contributed by atoms with E-state index in [1.807, 2.05) is 13.8 Å². The van der Waals surface area contributed by atoms with Gasteiger partial charge >= 0.3 is 0 Å². The van der Waals surface area contributed by atoms with Crippen LogP contribution in [0, 0.1) is 5.41 Å². The van der Waals surface area contributed by atoms with E-state index in [-0.39, 0.29) is 23.5 Å². The molecule has 1 aromatic rings. The lowest BCUT2D eigenvalue weighted by Crippen LogP contribution is -2.61. The van der Waals surface area contributed by atoms with Crippen LogP contribution in [0.1, 0.15) is 26.7 Å². The third-order valence-electron chi connectivity index (χ3n) is 4.03. The summed E-state index contributed by atoms with van der Waals surface area (Å²) >= 11 is 0. The standard InChI is InChI=1S/C15H22N2O3/c1-15(2)12(9-13(15)18)17-14(19)7-8-20-11-5-3-10(16)4-6-11/h3-6,12-13,18H,7-9,16H2,1-2H3,(H,17,19). The first-order chi connectivity index (χ1) is 9.39. The minimum absolute atomic E-state index is 0.0431. The van der Waals surface area contributed by atoms with Crippen LogP contribution in [0.2, 0.25) is 0 Å². The molecule has 0 aliphatic heterocycles. The van der Waals surface area contributed by atoms with Crippen LogP contribution in [0.15, 0.2) is 24.3 Å². The lowest BCUT2D eigenvalue weighted by molar-refractivity contribution is -0.129. The molecule has 0 aromatic heterocycles. The number of nitrogen functional groups attached to an aromatic ring is 1. The lowest BCUT2D eigenvalue weighted by Gasteiger charge is -2.49. The van der Waals surface area contributed by atoms with Gasteiger partial charge in [0.2, 0.25) is 5.91 Å². The monoisotopic (exact) mass is 278 g/mol. The van der Waals surface area contributed by atoms with Crippen molar-refractivity contribution in [3.63, 3.8) is 0 Å². The Morgan fingerprint density at radius 3 is 2.65 bits per heavy atom. The predicted octanol–water partition coefficient (Wildman–Crippen LogP) is 1.31. The van der Waals surface area contributed by atoms with Gasteiger partial charge in [-0.25, -0.2) is 0 Å². The van der Waals surface area contributed by atoms with Gasteiger partial charge in [-0.15, -0.1) is 0 Å². The smallest absolute Gasteiger partial charge is 0.223 e. The molecule has 2 atom stereocenters. The first kappa shape index (κ1) is 14.7. The van der Waals surface area contributed by atoms with Crippen molar-refractivity contribution in [2.45, 2.75) is 38.8 Å². The van der Waals surface area contributed by atoms with Gasteiger partial charge in [0.25, 0.3) is 0 Å². The number of hydrogen-bond acceptors (Lipinski definition) is 4. The summed E-state index contributed by atoms with van der Waals surface area (Å²) in [5, 5.41) is 12.6. The third-order valence-corrected chi connectivity index (χ3v) is 4.03. The maximum absolute atomic E-state index is 11.8. The van der Waals surface area contributed by atoms with E-state index in [0.717, 1.165) is 0 Å². The molecule has 0 spiro atoms. The molecule has 1 saturated carbocycles. The van der Waals surface area contributed by atoms with Gasteiger partial charge in [-0.1, -0.05) is 13.8 Å². The molecule has 0 bridgehead atoms. The van der Waals surface area contributed by atoms with Crippen LogP contribution in [0.25, 0.3) is 0 Å². The van der Waals surface area contributed by atoms with E-state index >= 15 is 0 Å². The van der Waals surface area contributed by atoms with Crippen molar-refractivity contribution in [1.29, 1.82) is 0 Å². The van der Waals surface area contributed by atoms with E-state index < -0.39 is 0 Å². The Balaban J connectivity index is 1.70. The highest BCUT2D eigenvalue weighted by Gasteiger charge is 2.47. The second-order valence-corrected chi connectivity index (χ2v) is 5.86. The molecule has 1 amide bonds. The molecule has 2 rings (SSSR count). The van der Waals surface area contributed by atoms with Crippen LogP contribution in [0.4, 0.5) is 5.69 Å². The Kier molecular flexibility index (Phi) is 4.18. The second kappa shape index (κ2) is 5.71. The van der Waals surface area contributed by atoms with E-state index in [1.165, 1.54) is 0 Å². The molecule has 0 heterocycles. The maximum atomic E-state index is 11.8. The van der Waals surface area contributed by atoms with Gasteiger partial charge in [0.1, 0.15) is 5.75 Å². The zero-order valence-corrected chi connectivity index (χ0v) is 11.9. The first-order valence-electron chi connectivity index (χ1n) is 6.85. The average Bonchev–Trinajstić information content (AvgIpc) is 2.41. The molecule has 1 aromatic carbocycles. The van der Waals surface area contributed by atoms with Gasteiger partial charge in [0.15, 0.2) is 0 Å². The molecular formula is C15H22N2O3. The number of anilines is 1. The molecule has 110 valence electrons.